The Morgan fingerprint density at radius 3 is 2.50 bits per heavy atom. The molecule has 0 saturated heterocycles. The number of ether oxygens (including phenoxy) is 1. The Kier molecular flexibility index (Phi) is 9.22. The predicted molar refractivity (Wildman–Crippen MR) is 156 cm³/mol. The molecule has 0 aliphatic carbocycles. The molecule has 1 heterocycles. The van der Waals surface area contributed by atoms with Crippen LogP contribution in [-0.2, 0) is 17.9 Å². The molecule has 40 heavy (non-hydrogen) atoms. The van der Waals surface area contributed by atoms with Crippen molar-refractivity contribution in [2.45, 2.75) is 63.6 Å². The molecular formula is C31H39FN2O5S. The molecule has 2 unspecified atom stereocenters. The zero-order valence-electron chi connectivity index (χ0n) is 23.7. The molecule has 0 radical (unpaired) electrons. The fourth-order valence-corrected chi connectivity index (χ4v) is 6.87. The third-order valence-corrected chi connectivity index (χ3v) is 9.38. The minimum absolute atomic E-state index is 0.158. The van der Waals surface area contributed by atoms with Crippen molar-refractivity contribution in [1.82, 2.24) is 9.21 Å². The van der Waals surface area contributed by atoms with Crippen molar-refractivity contribution in [3.8, 4) is 5.75 Å². The van der Waals surface area contributed by atoms with Crippen LogP contribution < -0.4 is 4.74 Å². The summed E-state index contributed by atoms with van der Waals surface area (Å²) in [5.74, 6) is -1.29. The molecule has 0 fully saturated rings. The van der Waals surface area contributed by atoms with Crippen molar-refractivity contribution in [3.05, 3.63) is 93.8 Å². The highest BCUT2D eigenvalue weighted by Crippen LogP contribution is 2.57. The lowest BCUT2D eigenvalue weighted by molar-refractivity contribution is -0.137. The van der Waals surface area contributed by atoms with Crippen LogP contribution in [0.4, 0.5) is 4.39 Å². The Labute approximate surface area is 237 Å². The Hall–Kier alpha value is -2.95. The smallest absolute Gasteiger partial charge is 0.304 e. The predicted octanol–water partition coefficient (Wildman–Crippen LogP) is 6.81. The lowest BCUT2D eigenvalue weighted by atomic mass is 9.84. The van der Waals surface area contributed by atoms with Gasteiger partial charge in [-0.05, 0) is 80.4 Å². The molecule has 0 saturated carbocycles. The van der Waals surface area contributed by atoms with Gasteiger partial charge in [0.05, 0.1) is 13.0 Å². The van der Waals surface area contributed by atoms with Crippen LogP contribution in [0.15, 0.2) is 59.5 Å². The molecule has 3 aromatic carbocycles. The summed E-state index contributed by atoms with van der Waals surface area (Å²) < 4.78 is 45.4. The normalized spacial score (nSPS) is 18.5. The minimum atomic E-state index is -3.34. The first kappa shape index (κ1) is 30.0. The Morgan fingerprint density at radius 2 is 1.82 bits per heavy atom. The first-order chi connectivity index (χ1) is 18.9. The van der Waals surface area contributed by atoms with Crippen LogP contribution >= 0.6 is 10.8 Å². The van der Waals surface area contributed by atoms with Gasteiger partial charge < -0.3 is 14.7 Å². The second-order valence-electron chi connectivity index (χ2n) is 10.8. The zero-order chi connectivity index (χ0) is 29.2. The van der Waals surface area contributed by atoms with Gasteiger partial charge in [0.2, 0.25) is 0 Å². The average Bonchev–Trinajstić information content (AvgIpc) is 2.99. The van der Waals surface area contributed by atoms with E-state index >= 15 is 0 Å². The second-order valence-corrected chi connectivity index (χ2v) is 12.8. The molecular weight excluding hydrogens is 531 g/mol. The number of hydrogen-bond acceptors (Lipinski definition) is 6. The van der Waals surface area contributed by atoms with Crippen LogP contribution in [0, 0.1) is 19.7 Å². The largest absolute Gasteiger partial charge is 0.487 e. The number of rotatable bonds is 9. The highest BCUT2D eigenvalue weighted by molar-refractivity contribution is 8.22. The van der Waals surface area contributed by atoms with Crippen LogP contribution in [0.3, 0.4) is 0 Å². The highest BCUT2D eigenvalue weighted by Gasteiger charge is 2.35. The van der Waals surface area contributed by atoms with E-state index in [1.807, 2.05) is 57.1 Å². The summed E-state index contributed by atoms with van der Waals surface area (Å²) in [6.45, 7) is 6.71. The molecule has 4 rings (SSSR count). The van der Waals surface area contributed by atoms with E-state index in [0.29, 0.717) is 41.3 Å². The average molecular weight is 571 g/mol. The van der Waals surface area contributed by atoms with Crippen molar-refractivity contribution >= 4 is 16.7 Å². The summed E-state index contributed by atoms with van der Waals surface area (Å²) in [6, 6.07) is 16.1. The molecule has 0 amide bonds. The number of benzene rings is 3. The van der Waals surface area contributed by atoms with Crippen molar-refractivity contribution < 1.29 is 28.1 Å². The van der Waals surface area contributed by atoms with Crippen LogP contribution in [0.25, 0.3) is 0 Å². The number of hydrogen-bond donors (Lipinski definition) is 3. The summed E-state index contributed by atoms with van der Waals surface area (Å²) in [7, 11) is 0.379. The number of carboxylic acid groups (broad SMARTS) is 1. The van der Waals surface area contributed by atoms with Gasteiger partial charge in [-0.1, -0.05) is 43.3 Å². The van der Waals surface area contributed by atoms with Crippen LogP contribution in [0.5, 0.6) is 5.75 Å². The van der Waals surface area contributed by atoms with Crippen molar-refractivity contribution in [2.75, 3.05) is 20.6 Å². The van der Waals surface area contributed by atoms with Gasteiger partial charge in [0.15, 0.2) is 0 Å². The Balaban J connectivity index is 1.75. The molecule has 7 nitrogen and oxygen atoms in total. The molecule has 0 bridgehead atoms. The fraction of sp³-hybridized carbons (Fsp3) is 0.387. The second kappa shape index (κ2) is 12.3. The summed E-state index contributed by atoms with van der Waals surface area (Å²) in [6.07, 6.45) is 0.309. The van der Waals surface area contributed by atoms with E-state index in [2.05, 4.69) is 0 Å². The summed E-state index contributed by atoms with van der Waals surface area (Å²) >= 11 is 0. The SMILES string of the molecule is CCC1CN(Cc2cc(C(CC(=O)O)c3cc(CN(C)C)c(F)cc3C)ccc2C)S(O)(O)c2ccccc2O1. The van der Waals surface area contributed by atoms with Gasteiger partial charge >= 0.3 is 5.97 Å². The van der Waals surface area contributed by atoms with Gasteiger partial charge in [0.25, 0.3) is 0 Å². The molecule has 3 N–H and O–H groups in total. The van der Waals surface area contributed by atoms with E-state index < -0.39 is 22.7 Å². The number of halogens is 1. The number of carboxylic acids is 1. The van der Waals surface area contributed by atoms with Crippen molar-refractivity contribution in [3.63, 3.8) is 0 Å². The summed E-state index contributed by atoms with van der Waals surface area (Å²) in [5.41, 5.74) is 4.55. The lowest BCUT2D eigenvalue weighted by Gasteiger charge is -2.42. The number of carbonyl (C=O) groups is 1. The third kappa shape index (κ3) is 6.50. The zero-order valence-corrected chi connectivity index (χ0v) is 24.5. The third-order valence-electron chi connectivity index (χ3n) is 7.46. The van der Waals surface area contributed by atoms with E-state index in [-0.39, 0.29) is 24.9 Å². The molecule has 0 aromatic heterocycles. The molecule has 0 spiro atoms. The van der Waals surface area contributed by atoms with Crippen LogP contribution in [0.2, 0.25) is 0 Å². The van der Waals surface area contributed by atoms with E-state index in [9.17, 15) is 23.4 Å². The maximum Gasteiger partial charge on any atom is 0.304 e. The molecule has 9 heteroatoms. The van der Waals surface area contributed by atoms with Gasteiger partial charge in [-0.2, -0.15) is 4.31 Å². The van der Waals surface area contributed by atoms with E-state index in [4.69, 9.17) is 4.74 Å². The minimum Gasteiger partial charge on any atom is -0.487 e. The maximum absolute atomic E-state index is 14.8. The van der Waals surface area contributed by atoms with E-state index in [1.165, 1.54) is 6.07 Å². The number of para-hydroxylation sites is 1. The van der Waals surface area contributed by atoms with Gasteiger partial charge in [0.1, 0.15) is 22.6 Å². The van der Waals surface area contributed by atoms with Gasteiger partial charge in [0, 0.05) is 24.6 Å². The Morgan fingerprint density at radius 1 is 1.10 bits per heavy atom. The van der Waals surface area contributed by atoms with Crippen LogP contribution in [0.1, 0.15) is 59.1 Å². The van der Waals surface area contributed by atoms with Crippen LogP contribution in [-0.4, -0.2) is 56.1 Å². The van der Waals surface area contributed by atoms with Crippen molar-refractivity contribution in [1.29, 1.82) is 0 Å². The topological polar surface area (TPSA) is 93.5 Å². The first-order valence-electron chi connectivity index (χ1n) is 13.4. The number of fused-ring (bicyclic) bond motifs is 1. The summed E-state index contributed by atoms with van der Waals surface area (Å²) in [4.78, 5) is 14.2. The molecule has 1 aliphatic heterocycles. The van der Waals surface area contributed by atoms with E-state index in [0.717, 1.165) is 22.3 Å². The molecule has 216 valence electrons. The fourth-order valence-electron chi connectivity index (χ4n) is 5.25. The van der Waals surface area contributed by atoms with E-state index in [1.54, 1.807) is 35.5 Å². The van der Waals surface area contributed by atoms with Gasteiger partial charge in [-0.15, -0.1) is 10.8 Å². The highest BCUT2D eigenvalue weighted by atomic mass is 32.3. The quantitative estimate of drug-likeness (QED) is 0.260. The van der Waals surface area contributed by atoms with Gasteiger partial charge in [-0.25, -0.2) is 4.39 Å². The molecule has 2 atom stereocenters. The van der Waals surface area contributed by atoms with Gasteiger partial charge in [-0.3, -0.25) is 13.9 Å². The number of aryl methyl sites for hydroxylation is 2. The molecule has 1 aliphatic rings. The molecule has 3 aromatic rings. The monoisotopic (exact) mass is 570 g/mol. The summed E-state index contributed by atoms with van der Waals surface area (Å²) in [5, 5.41) is 9.83. The number of aliphatic carboxylic acids is 1. The first-order valence-corrected chi connectivity index (χ1v) is 14.9. The lowest BCUT2D eigenvalue weighted by Crippen LogP contribution is -2.34. The standard InChI is InChI=1S/C31H39FN2O5S/c1-6-25-19-34(40(37,38)30-10-8-7-9-29(30)39-25)18-23-14-22(12-11-20(23)2)27(16-31(35)36)26-15-24(17-33(4)5)28(32)13-21(26)3/h7-15,25,27,37-38H,6,16-19H2,1-5H3,(H,35,36). The Bertz CT molecular complexity index is 1380. The maximum atomic E-state index is 14.8. The van der Waals surface area contributed by atoms with Crippen molar-refractivity contribution in [2.24, 2.45) is 0 Å². The number of nitrogens with zero attached hydrogens (tertiary/aromatic N) is 2.